The van der Waals surface area contributed by atoms with E-state index in [0.29, 0.717) is 23.6 Å². The summed E-state index contributed by atoms with van der Waals surface area (Å²) in [6.07, 6.45) is 0.371. The van der Waals surface area contributed by atoms with Gasteiger partial charge in [-0.3, -0.25) is 14.6 Å². The summed E-state index contributed by atoms with van der Waals surface area (Å²) in [5.41, 5.74) is 6.38. The molecule has 1 fully saturated rings. The minimum Gasteiger partial charge on any atom is -0.368 e. The highest BCUT2D eigenvalue weighted by molar-refractivity contribution is 7.91. The number of hydrazone groups is 1. The number of hydrogen-bond acceptors (Lipinski definition) is 7. The van der Waals surface area contributed by atoms with Gasteiger partial charge in [-0.25, -0.2) is 17.5 Å². The van der Waals surface area contributed by atoms with Crippen molar-refractivity contribution in [2.75, 3.05) is 21.8 Å². The zero-order valence-corrected chi connectivity index (χ0v) is 20.0. The van der Waals surface area contributed by atoms with Crippen LogP contribution in [0.25, 0.3) is 0 Å². The second-order valence-electron chi connectivity index (χ2n) is 9.61. The maximum absolute atomic E-state index is 13.3. The van der Waals surface area contributed by atoms with Crippen molar-refractivity contribution in [1.29, 1.82) is 0 Å². The van der Waals surface area contributed by atoms with Crippen molar-refractivity contribution in [2.45, 2.75) is 51.1 Å². The summed E-state index contributed by atoms with van der Waals surface area (Å²) >= 11 is 0. The fourth-order valence-corrected chi connectivity index (χ4v) is 5.68. The number of nitrogens with two attached hydrogens (primary N) is 1. The van der Waals surface area contributed by atoms with Gasteiger partial charge in [0.2, 0.25) is 5.91 Å². The lowest BCUT2D eigenvalue weighted by Gasteiger charge is -2.20. The molecule has 2 atom stereocenters. The van der Waals surface area contributed by atoms with Gasteiger partial charge in [0.1, 0.15) is 23.4 Å². The van der Waals surface area contributed by atoms with E-state index >= 15 is 0 Å². The van der Waals surface area contributed by atoms with Crippen LogP contribution in [0.15, 0.2) is 35.4 Å². The van der Waals surface area contributed by atoms with Gasteiger partial charge in [0.05, 0.1) is 28.9 Å². The summed E-state index contributed by atoms with van der Waals surface area (Å²) in [5.74, 6) is -1.31. The molecule has 10 nitrogen and oxygen atoms in total. The fraction of sp³-hybridized carbons (Fsp3) is 0.455. The predicted octanol–water partition coefficient (Wildman–Crippen LogP) is 1.74. The highest BCUT2D eigenvalue weighted by Crippen LogP contribution is 2.31. The number of hydrogen-bond donors (Lipinski definition) is 2. The van der Waals surface area contributed by atoms with E-state index in [1.807, 2.05) is 20.8 Å². The fourth-order valence-electron chi connectivity index (χ4n) is 3.99. The van der Waals surface area contributed by atoms with Crippen LogP contribution in [0, 0.1) is 5.82 Å². The van der Waals surface area contributed by atoms with Gasteiger partial charge in [-0.05, 0) is 30.7 Å². The maximum atomic E-state index is 13.3. The Morgan fingerprint density at radius 3 is 2.44 bits per heavy atom. The Hall–Kier alpha value is -3.28. The number of benzene rings is 1. The number of halogens is 1. The third kappa shape index (κ3) is 4.81. The normalized spacial score (nSPS) is 22.0. The van der Waals surface area contributed by atoms with Gasteiger partial charge in [-0.15, -0.1) is 0 Å². The number of nitrogens with one attached hydrogen (secondary N) is 1. The molecule has 0 unspecified atom stereocenters. The van der Waals surface area contributed by atoms with Crippen LogP contribution >= 0.6 is 0 Å². The molecule has 12 heteroatoms. The molecule has 3 N–H and O–H groups in total. The van der Waals surface area contributed by atoms with Crippen molar-refractivity contribution in [3.63, 3.8) is 0 Å². The molecule has 2 aromatic rings. The minimum absolute atomic E-state index is 0.0311. The molecule has 1 aromatic heterocycles. The summed E-state index contributed by atoms with van der Waals surface area (Å²) in [4.78, 5) is 25.1. The predicted molar refractivity (Wildman–Crippen MR) is 126 cm³/mol. The Labute approximate surface area is 196 Å². The number of nitrogens with zero attached hydrogens (tertiary/aromatic N) is 4. The quantitative estimate of drug-likeness (QED) is 0.654. The SMILES string of the molecule is CC(C)(C)c1cc(NC(=O)C2=NN(c3ccc(F)cc3)[C@H](C(N)=O)C2)n([C@H]2CCS(=O)(=O)C2)n1. The number of rotatable bonds is 5. The van der Waals surface area contributed by atoms with Crippen molar-refractivity contribution in [2.24, 2.45) is 10.8 Å². The Bertz CT molecular complexity index is 1260. The highest BCUT2D eigenvalue weighted by atomic mass is 32.2. The lowest BCUT2D eigenvalue weighted by Crippen LogP contribution is -2.39. The molecule has 34 heavy (non-hydrogen) atoms. The maximum Gasteiger partial charge on any atom is 0.273 e. The summed E-state index contributed by atoms with van der Waals surface area (Å²) in [7, 11) is -3.17. The zero-order valence-electron chi connectivity index (χ0n) is 19.2. The van der Waals surface area contributed by atoms with E-state index in [0.717, 1.165) is 0 Å². The first kappa shape index (κ1) is 23.9. The third-order valence-corrected chi connectivity index (χ3v) is 7.64. The number of sulfone groups is 1. The van der Waals surface area contributed by atoms with Gasteiger partial charge >= 0.3 is 0 Å². The molecule has 2 aliphatic rings. The van der Waals surface area contributed by atoms with E-state index in [2.05, 4.69) is 15.5 Å². The second kappa shape index (κ2) is 8.49. The summed E-state index contributed by atoms with van der Waals surface area (Å²) in [6.45, 7) is 5.90. The van der Waals surface area contributed by atoms with E-state index < -0.39 is 39.6 Å². The van der Waals surface area contributed by atoms with Crippen molar-refractivity contribution < 1.29 is 22.4 Å². The first-order chi connectivity index (χ1) is 15.8. The molecule has 2 aliphatic heterocycles. The number of amides is 2. The number of primary amides is 1. The first-order valence-electron chi connectivity index (χ1n) is 10.9. The van der Waals surface area contributed by atoms with Crippen molar-refractivity contribution in [1.82, 2.24) is 9.78 Å². The Morgan fingerprint density at radius 2 is 1.88 bits per heavy atom. The largest absolute Gasteiger partial charge is 0.368 e. The van der Waals surface area contributed by atoms with E-state index in [-0.39, 0.29) is 29.1 Å². The van der Waals surface area contributed by atoms with E-state index in [1.54, 1.807) is 10.7 Å². The third-order valence-electron chi connectivity index (χ3n) is 5.89. The van der Waals surface area contributed by atoms with Crippen LogP contribution in [0.4, 0.5) is 15.9 Å². The van der Waals surface area contributed by atoms with Gasteiger partial charge in [0, 0.05) is 17.9 Å². The van der Waals surface area contributed by atoms with E-state index in [1.165, 1.54) is 29.3 Å². The van der Waals surface area contributed by atoms with Crippen LogP contribution in [0.1, 0.15) is 45.3 Å². The Balaban J connectivity index is 1.63. The van der Waals surface area contributed by atoms with Crippen molar-refractivity contribution >= 4 is 38.9 Å². The van der Waals surface area contributed by atoms with E-state index in [4.69, 9.17) is 5.73 Å². The molecule has 0 spiro atoms. The minimum atomic E-state index is -3.17. The average molecular weight is 491 g/mol. The average Bonchev–Trinajstić information content (AvgIpc) is 3.44. The van der Waals surface area contributed by atoms with Crippen molar-refractivity contribution in [3.05, 3.63) is 41.8 Å². The van der Waals surface area contributed by atoms with Gasteiger partial charge in [-0.2, -0.15) is 10.2 Å². The second-order valence-corrected chi connectivity index (χ2v) is 11.8. The van der Waals surface area contributed by atoms with Gasteiger partial charge in [0.15, 0.2) is 9.84 Å². The van der Waals surface area contributed by atoms with Gasteiger partial charge < -0.3 is 11.1 Å². The molecule has 182 valence electrons. The molecule has 0 aliphatic carbocycles. The van der Waals surface area contributed by atoms with Crippen LogP contribution in [-0.2, 0) is 24.8 Å². The molecule has 4 rings (SSSR count). The van der Waals surface area contributed by atoms with Crippen LogP contribution in [-0.4, -0.2) is 53.3 Å². The van der Waals surface area contributed by atoms with Crippen LogP contribution < -0.4 is 16.1 Å². The molecular formula is C22H27FN6O4S. The molecule has 1 aromatic carbocycles. The molecule has 3 heterocycles. The summed E-state index contributed by atoms with van der Waals surface area (Å²) in [5, 5.41) is 13.0. The van der Waals surface area contributed by atoms with Gasteiger partial charge in [-0.1, -0.05) is 20.8 Å². The van der Waals surface area contributed by atoms with Crippen LogP contribution in [0.5, 0.6) is 0 Å². The molecule has 0 bridgehead atoms. The smallest absolute Gasteiger partial charge is 0.273 e. The number of carbonyl (C=O) groups excluding carboxylic acids is 2. The lowest BCUT2D eigenvalue weighted by molar-refractivity contribution is -0.119. The summed E-state index contributed by atoms with van der Waals surface area (Å²) in [6, 6.07) is 5.77. The Morgan fingerprint density at radius 1 is 1.21 bits per heavy atom. The molecule has 2 amide bonds. The van der Waals surface area contributed by atoms with Crippen LogP contribution in [0.3, 0.4) is 0 Å². The lowest BCUT2D eigenvalue weighted by atomic mass is 9.92. The first-order valence-corrected chi connectivity index (χ1v) is 12.7. The highest BCUT2D eigenvalue weighted by Gasteiger charge is 2.37. The van der Waals surface area contributed by atoms with Crippen LogP contribution in [0.2, 0.25) is 0 Å². The zero-order chi connectivity index (χ0) is 24.8. The summed E-state index contributed by atoms with van der Waals surface area (Å²) < 4.78 is 38.9. The molecular weight excluding hydrogens is 463 g/mol. The number of aromatic nitrogens is 2. The number of carbonyl (C=O) groups is 2. The Kier molecular flexibility index (Phi) is 5.96. The number of anilines is 2. The molecule has 0 radical (unpaired) electrons. The topological polar surface area (TPSA) is 140 Å². The standard InChI is InChI=1S/C22H27FN6O4S/c1-22(2,3)18-11-19(29(27-18)15-8-9-34(32,33)12-15)25-21(31)16-10-17(20(24)30)28(26-16)14-6-4-13(23)5-7-14/h4-7,11,15,17H,8-10,12H2,1-3H3,(H2,24,30)(H,25,31)/t15-,17-/m0/s1. The van der Waals surface area contributed by atoms with Crippen molar-refractivity contribution in [3.8, 4) is 0 Å². The van der Waals surface area contributed by atoms with Gasteiger partial charge in [0.25, 0.3) is 5.91 Å². The molecule has 0 saturated carbocycles. The van der Waals surface area contributed by atoms with E-state index in [9.17, 15) is 22.4 Å². The molecule has 1 saturated heterocycles. The monoisotopic (exact) mass is 490 g/mol.